The van der Waals surface area contributed by atoms with E-state index in [9.17, 15) is 13.2 Å². The Morgan fingerprint density at radius 1 is 1.00 bits per heavy atom. The van der Waals surface area contributed by atoms with E-state index in [-0.39, 0.29) is 11.4 Å². The number of hydrogen-bond acceptors (Lipinski definition) is 3. The summed E-state index contributed by atoms with van der Waals surface area (Å²) in [5, 5.41) is 2.82. The number of carbonyl (C=O) groups excluding carboxylic acids is 1. The summed E-state index contributed by atoms with van der Waals surface area (Å²) in [6, 6.07) is 16.5. The van der Waals surface area contributed by atoms with Crippen LogP contribution < -0.4 is 9.62 Å². The number of para-hydroxylation sites is 1. The predicted molar refractivity (Wildman–Crippen MR) is 109 cm³/mol. The molecule has 3 rings (SSSR count). The molecule has 2 aromatic rings. The lowest BCUT2D eigenvalue weighted by Crippen LogP contribution is -2.46. The van der Waals surface area contributed by atoms with E-state index < -0.39 is 21.5 Å². The van der Waals surface area contributed by atoms with E-state index in [1.54, 1.807) is 19.1 Å². The summed E-state index contributed by atoms with van der Waals surface area (Å²) < 4.78 is 28.1. The highest BCUT2D eigenvalue weighted by Crippen LogP contribution is 2.42. The van der Waals surface area contributed by atoms with Gasteiger partial charge >= 0.3 is 0 Å². The summed E-state index contributed by atoms with van der Waals surface area (Å²) in [5.41, 5.74) is 1.90. The number of fused-ring (bicyclic) bond motifs is 1. The maximum atomic E-state index is 13.4. The highest BCUT2D eigenvalue weighted by Gasteiger charge is 2.41. The number of nitrogens with one attached hydrogen (secondary N) is 1. The topological polar surface area (TPSA) is 66.5 Å². The van der Waals surface area contributed by atoms with Crippen LogP contribution in [-0.4, -0.2) is 26.4 Å². The number of anilines is 1. The number of carbonyl (C=O) groups is 1. The monoisotopic (exact) mass is 384 g/mol. The van der Waals surface area contributed by atoms with Gasteiger partial charge in [0.1, 0.15) is 0 Å². The van der Waals surface area contributed by atoms with Crippen LogP contribution >= 0.6 is 0 Å². The van der Waals surface area contributed by atoms with E-state index in [0.29, 0.717) is 16.8 Å². The molecule has 0 unspecified atom stereocenters. The predicted octanol–water partition coefficient (Wildman–Crippen LogP) is 3.53. The molecule has 1 heterocycles. The van der Waals surface area contributed by atoms with Crippen LogP contribution in [0.2, 0.25) is 0 Å². The molecule has 0 bridgehead atoms. The first-order valence-corrected chi connectivity index (χ1v) is 10.3. The van der Waals surface area contributed by atoms with E-state index in [1.807, 2.05) is 63.2 Å². The van der Waals surface area contributed by atoms with Crippen LogP contribution in [0, 0.1) is 0 Å². The molecule has 0 saturated carbocycles. The molecule has 0 spiro atoms. The molecule has 0 fully saturated rings. The van der Waals surface area contributed by atoms with E-state index in [0.717, 1.165) is 5.56 Å². The minimum Gasteiger partial charge on any atom is -0.347 e. The molecule has 1 N–H and O–H groups in total. The minimum absolute atomic E-state index is 0.204. The average Bonchev–Trinajstić information content (AvgIpc) is 2.59. The van der Waals surface area contributed by atoms with Crippen molar-refractivity contribution in [2.24, 2.45) is 0 Å². The molecule has 1 amide bonds. The lowest BCUT2D eigenvalue weighted by atomic mass is 9.95. The van der Waals surface area contributed by atoms with Gasteiger partial charge < -0.3 is 5.32 Å². The van der Waals surface area contributed by atoms with Crippen LogP contribution in [0.4, 0.5) is 5.69 Å². The van der Waals surface area contributed by atoms with Crippen LogP contribution in [0.3, 0.4) is 0 Å². The molecule has 0 saturated heterocycles. The molecule has 0 aliphatic carbocycles. The summed E-state index contributed by atoms with van der Waals surface area (Å²) >= 11 is 0. The fourth-order valence-corrected chi connectivity index (χ4v) is 5.00. The van der Waals surface area contributed by atoms with E-state index >= 15 is 0 Å². The number of rotatable bonds is 3. The smallest absolute Gasteiger partial charge is 0.270 e. The Morgan fingerprint density at radius 2 is 1.59 bits per heavy atom. The van der Waals surface area contributed by atoms with Crippen molar-refractivity contribution in [1.29, 1.82) is 0 Å². The fraction of sp³-hybridized carbons (Fsp3) is 0.286. The van der Waals surface area contributed by atoms with Gasteiger partial charge in [0.05, 0.1) is 5.69 Å². The quantitative estimate of drug-likeness (QED) is 0.880. The second-order valence-corrected chi connectivity index (χ2v) is 9.26. The molecule has 142 valence electrons. The largest absolute Gasteiger partial charge is 0.347 e. The van der Waals surface area contributed by atoms with Crippen molar-refractivity contribution < 1.29 is 13.2 Å². The Bertz CT molecular complexity index is 1000. The number of nitrogens with zero attached hydrogens (tertiary/aromatic N) is 1. The van der Waals surface area contributed by atoms with Crippen molar-refractivity contribution in [3.8, 4) is 0 Å². The van der Waals surface area contributed by atoms with Gasteiger partial charge in [-0.3, -0.25) is 9.10 Å². The highest BCUT2D eigenvalue weighted by molar-refractivity contribution is 7.97. The minimum atomic E-state index is -4.00. The molecular weight excluding hydrogens is 360 g/mol. The van der Waals surface area contributed by atoms with Gasteiger partial charge in [0.15, 0.2) is 4.91 Å². The van der Waals surface area contributed by atoms with Crippen molar-refractivity contribution in [3.05, 3.63) is 70.6 Å². The molecule has 1 aliphatic heterocycles. The summed E-state index contributed by atoms with van der Waals surface area (Å²) in [7, 11) is -4.00. The molecule has 5 nitrogen and oxygen atoms in total. The Labute approximate surface area is 160 Å². The molecule has 0 aromatic heterocycles. The normalized spacial score (nSPS) is 16.1. The second kappa shape index (κ2) is 6.85. The van der Waals surface area contributed by atoms with Crippen LogP contribution in [0.25, 0.3) is 5.57 Å². The summed E-state index contributed by atoms with van der Waals surface area (Å²) in [5.74, 6) is -0.589. The molecule has 0 radical (unpaired) electrons. The van der Waals surface area contributed by atoms with Gasteiger partial charge in [-0.2, -0.15) is 0 Å². The Balaban J connectivity index is 2.39. The molecule has 2 aromatic carbocycles. The van der Waals surface area contributed by atoms with Crippen molar-refractivity contribution in [3.63, 3.8) is 0 Å². The molecule has 0 atom stereocenters. The molecular formula is C21H24N2O3S. The standard InChI is InChI=1S/C21H24N2O3S/c1-5-23-17-14-10-9-13-16(17)18(15-11-7-6-8-12-15)19(27(23,25)26)20(24)22-21(2,3)4/h6-14H,5H2,1-4H3,(H,22,24). The maximum absolute atomic E-state index is 13.4. The maximum Gasteiger partial charge on any atom is 0.270 e. The Kier molecular flexibility index (Phi) is 4.86. The Hall–Kier alpha value is -2.60. The third-order valence-electron chi connectivity index (χ3n) is 4.26. The lowest BCUT2D eigenvalue weighted by molar-refractivity contribution is -0.118. The van der Waals surface area contributed by atoms with Gasteiger partial charge in [0.25, 0.3) is 15.9 Å². The lowest BCUT2D eigenvalue weighted by Gasteiger charge is -2.33. The van der Waals surface area contributed by atoms with Gasteiger partial charge in [-0.1, -0.05) is 48.5 Å². The van der Waals surface area contributed by atoms with E-state index in [1.165, 1.54) is 4.31 Å². The zero-order valence-corrected chi connectivity index (χ0v) is 16.8. The Morgan fingerprint density at radius 3 is 2.19 bits per heavy atom. The van der Waals surface area contributed by atoms with Crippen LogP contribution in [-0.2, 0) is 14.8 Å². The fourth-order valence-electron chi connectivity index (χ4n) is 3.25. The third kappa shape index (κ3) is 3.49. The van der Waals surface area contributed by atoms with Gasteiger partial charge in [-0.15, -0.1) is 0 Å². The summed E-state index contributed by atoms with van der Waals surface area (Å²) in [6.07, 6.45) is 0. The number of benzene rings is 2. The average molecular weight is 385 g/mol. The van der Waals surface area contributed by atoms with Crippen LogP contribution in [0.15, 0.2) is 59.5 Å². The van der Waals surface area contributed by atoms with Crippen molar-refractivity contribution in [1.82, 2.24) is 5.32 Å². The summed E-state index contributed by atoms with van der Waals surface area (Å²) in [6.45, 7) is 7.49. The van der Waals surface area contributed by atoms with Crippen LogP contribution in [0.1, 0.15) is 38.8 Å². The van der Waals surface area contributed by atoms with Crippen LogP contribution in [0.5, 0.6) is 0 Å². The molecule has 1 aliphatic rings. The van der Waals surface area contributed by atoms with Crippen molar-refractivity contribution >= 4 is 27.2 Å². The molecule has 27 heavy (non-hydrogen) atoms. The number of sulfonamides is 1. The highest BCUT2D eigenvalue weighted by atomic mass is 32.2. The van der Waals surface area contributed by atoms with Gasteiger partial charge in [0.2, 0.25) is 0 Å². The second-order valence-electron chi connectivity index (χ2n) is 7.46. The first-order valence-electron chi connectivity index (χ1n) is 8.91. The zero-order valence-electron chi connectivity index (χ0n) is 16.0. The number of hydrogen-bond donors (Lipinski definition) is 1. The van der Waals surface area contributed by atoms with E-state index in [4.69, 9.17) is 0 Å². The number of amides is 1. The van der Waals surface area contributed by atoms with E-state index in [2.05, 4.69) is 5.32 Å². The van der Waals surface area contributed by atoms with Gasteiger partial charge in [-0.25, -0.2) is 8.42 Å². The van der Waals surface area contributed by atoms with Crippen molar-refractivity contribution in [2.45, 2.75) is 33.2 Å². The SMILES string of the molecule is CCN1c2ccccc2C(c2ccccc2)=C(C(=O)NC(C)(C)C)S1(=O)=O. The van der Waals surface area contributed by atoms with Gasteiger partial charge in [-0.05, 0) is 39.3 Å². The first kappa shape index (κ1) is 19.2. The third-order valence-corrected chi connectivity index (χ3v) is 6.20. The summed E-state index contributed by atoms with van der Waals surface area (Å²) in [4.78, 5) is 12.9. The first-order chi connectivity index (χ1) is 12.7. The molecule has 6 heteroatoms. The zero-order chi connectivity index (χ0) is 19.8. The van der Waals surface area contributed by atoms with Crippen molar-refractivity contribution in [2.75, 3.05) is 10.8 Å². The van der Waals surface area contributed by atoms with Gasteiger partial charge in [0, 0.05) is 23.2 Å².